The Bertz CT molecular complexity index is 553. The zero-order valence-electron chi connectivity index (χ0n) is 11.4. The van der Waals surface area contributed by atoms with Gasteiger partial charge in [-0.3, -0.25) is 0 Å². The van der Waals surface area contributed by atoms with Crippen molar-refractivity contribution in [2.45, 2.75) is 26.7 Å². The highest BCUT2D eigenvalue weighted by Crippen LogP contribution is 2.27. The van der Waals surface area contributed by atoms with Gasteiger partial charge in [-0.2, -0.15) is 4.98 Å². The van der Waals surface area contributed by atoms with Gasteiger partial charge in [-0.25, -0.2) is 0 Å². The van der Waals surface area contributed by atoms with Crippen LogP contribution in [0.3, 0.4) is 0 Å². The third-order valence-electron chi connectivity index (χ3n) is 2.93. The molecule has 102 valence electrons. The summed E-state index contributed by atoms with van der Waals surface area (Å²) in [6, 6.07) is 6.09. The number of aryl methyl sites for hydroxylation is 1. The minimum Gasteiger partial charge on any atom is -0.339 e. The summed E-state index contributed by atoms with van der Waals surface area (Å²) in [4.78, 5) is 4.48. The molecule has 0 amide bonds. The van der Waals surface area contributed by atoms with E-state index < -0.39 is 0 Å². The molecule has 2 aromatic rings. The molecule has 0 fully saturated rings. The minimum atomic E-state index is 0.213. The van der Waals surface area contributed by atoms with Gasteiger partial charge in [-0.15, -0.1) is 0 Å². The SMILES string of the molecule is CCNCC(C)c1nc(-c2ccc(C)cc2Br)no1. The number of rotatable bonds is 5. The smallest absolute Gasteiger partial charge is 0.231 e. The molecule has 0 aliphatic carbocycles. The molecule has 2 rings (SSSR count). The first-order valence-electron chi connectivity index (χ1n) is 6.42. The van der Waals surface area contributed by atoms with Crippen molar-refractivity contribution >= 4 is 15.9 Å². The lowest BCUT2D eigenvalue weighted by molar-refractivity contribution is 0.355. The molecule has 1 N–H and O–H groups in total. The van der Waals surface area contributed by atoms with Crippen LogP contribution in [0.5, 0.6) is 0 Å². The largest absolute Gasteiger partial charge is 0.339 e. The minimum absolute atomic E-state index is 0.213. The molecule has 19 heavy (non-hydrogen) atoms. The molecule has 0 aliphatic heterocycles. The average Bonchev–Trinajstić information content (AvgIpc) is 2.85. The second-order valence-electron chi connectivity index (χ2n) is 4.65. The number of halogens is 1. The van der Waals surface area contributed by atoms with Crippen molar-refractivity contribution < 1.29 is 4.52 Å². The van der Waals surface area contributed by atoms with Crippen LogP contribution in [0.15, 0.2) is 27.2 Å². The molecule has 0 radical (unpaired) electrons. The molecule has 1 unspecified atom stereocenters. The Balaban J connectivity index is 2.20. The molecule has 5 heteroatoms. The standard InChI is InChI=1S/C14H18BrN3O/c1-4-16-8-10(3)14-17-13(18-19-14)11-6-5-9(2)7-12(11)15/h5-7,10,16H,4,8H2,1-3H3. The topological polar surface area (TPSA) is 51.0 Å². The number of hydrogen-bond donors (Lipinski definition) is 1. The van der Waals surface area contributed by atoms with E-state index in [9.17, 15) is 0 Å². The van der Waals surface area contributed by atoms with Crippen molar-refractivity contribution in [1.82, 2.24) is 15.5 Å². The van der Waals surface area contributed by atoms with Gasteiger partial charge in [0.15, 0.2) is 0 Å². The lowest BCUT2D eigenvalue weighted by atomic mass is 10.1. The summed E-state index contributed by atoms with van der Waals surface area (Å²) in [6.45, 7) is 7.98. The van der Waals surface area contributed by atoms with Crippen molar-refractivity contribution in [1.29, 1.82) is 0 Å². The van der Waals surface area contributed by atoms with Crippen LogP contribution in [0.4, 0.5) is 0 Å². The molecule has 1 heterocycles. The van der Waals surface area contributed by atoms with Gasteiger partial charge in [0.2, 0.25) is 11.7 Å². The highest BCUT2D eigenvalue weighted by atomic mass is 79.9. The van der Waals surface area contributed by atoms with E-state index in [-0.39, 0.29) is 5.92 Å². The fourth-order valence-corrected chi connectivity index (χ4v) is 2.46. The van der Waals surface area contributed by atoms with E-state index in [4.69, 9.17) is 4.52 Å². The van der Waals surface area contributed by atoms with Crippen LogP contribution < -0.4 is 5.32 Å². The summed E-state index contributed by atoms with van der Waals surface area (Å²) in [5.41, 5.74) is 2.15. The summed E-state index contributed by atoms with van der Waals surface area (Å²) < 4.78 is 6.33. The first kappa shape index (κ1) is 14.2. The van der Waals surface area contributed by atoms with Gasteiger partial charge in [0.05, 0.1) is 0 Å². The van der Waals surface area contributed by atoms with Gasteiger partial charge in [0.25, 0.3) is 0 Å². The predicted molar refractivity (Wildman–Crippen MR) is 79.1 cm³/mol. The normalized spacial score (nSPS) is 12.6. The number of benzene rings is 1. The van der Waals surface area contributed by atoms with Crippen LogP contribution in [0.2, 0.25) is 0 Å². The Morgan fingerprint density at radius 1 is 1.42 bits per heavy atom. The van der Waals surface area contributed by atoms with E-state index >= 15 is 0 Å². The van der Waals surface area contributed by atoms with Gasteiger partial charge in [0, 0.05) is 22.5 Å². The van der Waals surface area contributed by atoms with Crippen molar-refractivity contribution in [2.75, 3.05) is 13.1 Å². The third-order valence-corrected chi connectivity index (χ3v) is 3.59. The maximum atomic E-state index is 5.34. The molecule has 0 spiro atoms. The fraction of sp³-hybridized carbons (Fsp3) is 0.429. The maximum absolute atomic E-state index is 5.34. The Hall–Kier alpha value is -1.20. The van der Waals surface area contributed by atoms with Gasteiger partial charge in [-0.05, 0) is 31.2 Å². The lowest BCUT2D eigenvalue weighted by Gasteiger charge is -2.05. The molecule has 0 aliphatic rings. The van der Waals surface area contributed by atoms with Crippen molar-refractivity contribution in [3.8, 4) is 11.4 Å². The maximum Gasteiger partial charge on any atom is 0.231 e. The van der Waals surface area contributed by atoms with Crippen LogP contribution in [-0.2, 0) is 0 Å². The fourth-order valence-electron chi connectivity index (χ4n) is 1.79. The number of nitrogens with zero attached hydrogens (tertiary/aromatic N) is 2. The van der Waals surface area contributed by atoms with Crippen LogP contribution in [0.25, 0.3) is 11.4 Å². The van der Waals surface area contributed by atoms with Gasteiger partial charge in [-0.1, -0.05) is 41.0 Å². The van der Waals surface area contributed by atoms with E-state index in [0.717, 1.165) is 23.1 Å². The Morgan fingerprint density at radius 3 is 2.89 bits per heavy atom. The Kier molecular flexibility index (Phi) is 4.71. The van der Waals surface area contributed by atoms with E-state index in [1.165, 1.54) is 5.56 Å². The highest BCUT2D eigenvalue weighted by Gasteiger charge is 2.16. The van der Waals surface area contributed by atoms with Gasteiger partial charge >= 0.3 is 0 Å². The third kappa shape index (κ3) is 3.42. The van der Waals surface area contributed by atoms with E-state index in [0.29, 0.717) is 11.7 Å². The molecule has 0 saturated carbocycles. The van der Waals surface area contributed by atoms with Crippen LogP contribution in [-0.4, -0.2) is 23.2 Å². The first-order chi connectivity index (χ1) is 9.11. The molecule has 0 bridgehead atoms. The number of hydrogen-bond acceptors (Lipinski definition) is 4. The monoisotopic (exact) mass is 323 g/mol. The highest BCUT2D eigenvalue weighted by molar-refractivity contribution is 9.10. The van der Waals surface area contributed by atoms with Crippen molar-refractivity contribution in [2.24, 2.45) is 0 Å². The van der Waals surface area contributed by atoms with E-state index in [2.05, 4.69) is 52.2 Å². The predicted octanol–water partition coefficient (Wildman–Crippen LogP) is 3.52. The van der Waals surface area contributed by atoms with Crippen molar-refractivity contribution in [3.63, 3.8) is 0 Å². The molecule has 4 nitrogen and oxygen atoms in total. The van der Waals surface area contributed by atoms with Crippen molar-refractivity contribution in [3.05, 3.63) is 34.1 Å². The summed E-state index contributed by atoms with van der Waals surface area (Å²) in [5.74, 6) is 1.51. The van der Waals surface area contributed by atoms with Gasteiger partial charge in [0.1, 0.15) is 0 Å². The molecular weight excluding hydrogens is 306 g/mol. The Morgan fingerprint density at radius 2 is 2.21 bits per heavy atom. The molecule has 0 saturated heterocycles. The average molecular weight is 324 g/mol. The quantitative estimate of drug-likeness (QED) is 0.914. The van der Waals surface area contributed by atoms with E-state index in [1.54, 1.807) is 0 Å². The zero-order chi connectivity index (χ0) is 13.8. The first-order valence-corrected chi connectivity index (χ1v) is 7.22. The van der Waals surface area contributed by atoms with Crippen LogP contribution in [0.1, 0.15) is 31.2 Å². The molecule has 1 atom stereocenters. The summed E-state index contributed by atoms with van der Waals surface area (Å²) >= 11 is 3.54. The molecular formula is C14H18BrN3O. The Labute approximate surface area is 121 Å². The van der Waals surface area contributed by atoms with E-state index in [1.807, 2.05) is 18.2 Å². The molecule has 1 aromatic heterocycles. The molecule has 1 aromatic carbocycles. The number of aromatic nitrogens is 2. The zero-order valence-corrected chi connectivity index (χ0v) is 13.0. The number of nitrogens with one attached hydrogen (secondary N) is 1. The lowest BCUT2D eigenvalue weighted by Crippen LogP contribution is -2.19. The summed E-state index contributed by atoms with van der Waals surface area (Å²) in [5, 5.41) is 7.34. The number of likely N-dealkylation sites (N-methyl/N-ethyl adjacent to an activating group) is 1. The second-order valence-corrected chi connectivity index (χ2v) is 5.50. The summed E-state index contributed by atoms with van der Waals surface area (Å²) in [6.07, 6.45) is 0. The van der Waals surface area contributed by atoms with Crippen LogP contribution in [0, 0.1) is 6.92 Å². The summed E-state index contributed by atoms with van der Waals surface area (Å²) in [7, 11) is 0. The van der Waals surface area contributed by atoms with Gasteiger partial charge < -0.3 is 9.84 Å². The second kappa shape index (κ2) is 6.30. The van der Waals surface area contributed by atoms with Crippen LogP contribution >= 0.6 is 15.9 Å².